The number of hydrogen-bond acceptors (Lipinski definition) is 4. The summed E-state index contributed by atoms with van der Waals surface area (Å²) in [5, 5.41) is 11.3. The Hall–Kier alpha value is -1.85. The lowest BCUT2D eigenvalue weighted by Gasteiger charge is -2.10. The molecule has 17 heavy (non-hydrogen) atoms. The number of amides is 1. The van der Waals surface area contributed by atoms with Crippen molar-refractivity contribution in [3.05, 3.63) is 36.1 Å². The number of carbonyl (C=O) groups excluding carboxylic acids is 1. The number of benzene rings is 1. The van der Waals surface area contributed by atoms with Gasteiger partial charge in [0, 0.05) is 5.39 Å². The Balaban J connectivity index is 1.90. The van der Waals surface area contributed by atoms with Crippen LogP contribution in [0.4, 0.5) is 0 Å². The first-order chi connectivity index (χ1) is 8.24. The van der Waals surface area contributed by atoms with Gasteiger partial charge in [-0.25, -0.2) is 5.06 Å². The second-order valence-electron chi connectivity index (χ2n) is 3.96. The minimum atomic E-state index is -0.622. The van der Waals surface area contributed by atoms with Crippen molar-refractivity contribution in [2.45, 2.75) is 6.10 Å². The molecule has 1 atom stereocenters. The molecule has 3 rings (SSSR count). The number of aliphatic hydroxyl groups excluding tert-OH is 1. The van der Waals surface area contributed by atoms with Gasteiger partial charge in [0.25, 0.3) is 0 Å². The average molecular weight is 233 g/mol. The average Bonchev–Trinajstić information content (AvgIpc) is 2.93. The van der Waals surface area contributed by atoms with Crippen molar-refractivity contribution < 1.29 is 19.2 Å². The molecule has 88 valence electrons. The quantitative estimate of drug-likeness (QED) is 0.803. The molecule has 1 N–H and O–H groups in total. The Kier molecular flexibility index (Phi) is 2.35. The molecule has 0 radical (unpaired) electrons. The van der Waals surface area contributed by atoms with Gasteiger partial charge in [0.15, 0.2) is 5.76 Å². The van der Waals surface area contributed by atoms with E-state index in [-0.39, 0.29) is 24.8 Å². The van der Waals surface area contributed by atoms with Gasteiger partial charge < -0.3 is 9.52 Å². The van der Waals surface area contributed by atoms with Gasteiger partial charge in [0.1, 0.15) is 18.3 Å². The summed E-state index contributed by atoms with van der Waals surface area (Å²) in [7, 11) is 0. The standard InChI is InChI=1S/C12H11NO4/c14-9-6-13(16-7-9)12(15)11-5-8-3-1-2-4-10(8)17-11/h1-5,9,14H,6-7H2. The molecular formula is C12H11NO4. The van der Waals surface area contributed by atoms with Gasteiger partial charge in [0.2, 0.25) is 0 Å². The van der Waals surface area contributed by atoms with Gasteiger partial charge in [-0.05, 0) is 12.1 Å². The zero-order valence-corrected chi connectivity index (χ0v) is 9.00. The molecule has 1 fully saturated rings. The SMILES string of the molecule is O=C(c1cc2ccccc2o1)N1CC(O)CO1. The number of hydrogen-bond donors (Lipinski definition) is 1. The second kappa shape index (κ2) is 3.87. The third-order valence-electron chi connectivity index (χ3n) is 2.66. The lowest BCUT2D eigenvalue weighted by atomic mass is 10.2. The number of nitrogens with zero attached hydrogens (tertiary/aromatic N) is 1. The van der Waals surface area contributed by atoms with E-state index < -0.39 is 6.10 Å². The lowest BCUT2D eigenvalue weighted by Crippen LogP contribution is -2.28. The number of β-amino-alcohol motifs (C(OH)–C–C–N with tert-alkyl or cyclic N) is 1. The zero-order chi connectivity index (χ0) is 11.8. The first kappa shape index (κ1) is 10.3. The zero-order valence-electron chi connectivity index (χ0n) is 9.00. The number of aliphatic hydroxyl groups is 1. The predicted octanol–water partition coefficient (Wildman–Crippen LogP) is 1.18. The maximum atomic E-state index is 12.0. The van der Waals surface area contributed by atoms with E-state index in [4.69, 9.17) is 9.25 Å². The number of furan rings is 1. The fraction of sp³-hybridized carbons (Fsp3) is 0.250. The van der Waals surface area contributed by atoms with Crippen LogP contribution in [0.5, 0.6) is 0 Å². The Bertz CT molecular complexity index is 529. The monoisotopic (exact) mass is 233 g/mol. The Morgan fingerprint density at radius 2 is 2.24 bits per heavy atom. The fourth-order valence-corrected chi connectivity index (χ4v) is 1.82. The van der Waals surface area contributed by atoms with Crippen LogP contribution >= 0.6 is 0 Å². The van der Waals surface area contributed by atoms with E-state index in [0.717, 1.165) is 10.4 Å². The van der Waals surface area contributed by atoms with E-state index >= 15 is 0 Å². The molecule has 5 nitrogen and oxygen atoms in total. The van der Waals surface area contributed by atoms with Crippen molar-refractivity contribution in [1.82, 2.24) is 5.06 Å². The molecule has 5 heteroatoms. The van der Waals surface area contributed by atoms with Gasteiger partial charge >= 0.3 is 5.91 Å². The van der Waals surface area contributed by atoms with E-state index in [9.17, 15) is 9.90 Å². The molecule has 2 heterocycles. The predicted molar refractivity (Wildman–Crippen MR) is 59.2 cm³/mol. The van der Waals surface area contributed by atoms with Crippen LogP contribution in [0, 0.1) is 0 Å². The second-order valence-corrected chi connectivity index (χ2v) is 3.96. The van der Waals surface area contributed by atoms with Crippen molar-refractivity contribution in [2.75, 3.05) is 13.2 Å². The van der Waals surface area contributed by atoms with Crippen molar-refractivity contribution in [3.63, 3.8) is 0 Å². The van der Waals surface area contributed by atoms with Crippen LogP contribution in [-0.4, -0.2) is 35.3 Å². The summed E-state index contributed by atoms with van der Waals surface area (Å²) in [6.07, 6.45) is -0.622. The molecule has 1 aromatic carbocycles. The molecular weight excluding hydrogens is 222 g/mol. The van der Waals surface area contributed by atoms with E-state index in [1.165, 1.54) is 0 Å². The normalized spacial score (nSPS) is 20.1. The summed E-state index contributed by atoms with van der Waals surface area (Å²) in [5.41, 5.74) is 0.663. The van der Waals surface area contributed by atoms with E-state index in [0.29, 0.717) is 5.58 Å². The first-order valence-electron chi connectivity index (χ1n) is 5.35. The molecule has 1 saturated heterocycles. The minimum Gasteiger partial charge on any atom is -0.451 e. The number of hydroxylamine groups is 2. The van der Waals surface area contributed by atoms with Crippen molar-refractivity contribution in [2.24, 2.45) is 0 Å². The molecule has 0 bridgehead atoms. The first-order valence-corrected chi connectivity index (χ1v) is 5.35. The Morgan fingerprint density at radius 3 is 2.94 bits per heavy atom. The van der Waals surface area contributed by atoms with Crippen molar-refractivity contribution >= 4 is 16.9 Å². The van der Waals surface area contributed by atoms with Crippen LogP contribution in [0.15, 0.2) is 34.7 Å². The van der Waals surface area contributed by atoms with Gasteiger partial charge in [-0.15, -0.1) is 0 Å². The minimum absolute atomic E-state index is 0.145. The van der Waals surface area contributed by atoms with Crippen LogP contribution < -0.4 is 0 Å². The molecule has 1 aromatic heterocycles. The van der Waals surface area contributed by atoms with Crippen LogP contribution in [0.3, 0.4) is 0 Å². The van der Waals surface area contributed by atoms with Crippen LogP contribution in [0.2, 0.25) is 0 Å². The van der Waals surface area contributed by atoms with Gasteiger partial charge in [-0.3, -0.25) is 9.63 Å². The largest absolute Gasteiger partial charge is 0.451 e. The number of carbonyl (C=O) groups is 1. The number of fused-ring (bicyclic) bond motifs is 1. The Morgan fingerprint density at radius 1 is 1.41 bits per heavy atom. The summed E-state index contributed by atoms with van der Waals surface area (Å²) in [6.45, 7) is 0.321. The van der Waals surface area contributed by atoms with E-state index in [1.54, 1.807) is 12.1 Å². The molecule has 1 aliphatic heterocycles. The summed E-state index contributed by atoms with van der Waals surface area (Å²) in [5.74, 6) is -0.141. The molecule has 0 saturated carbocycles. The molecule has 0 aliphatic carbocycles. The van der Waals surface area contributed by atoms with Gasteiger partial charge in [-0.1, -0.05) is 18.2 Å². The van der Waals surface area contributed by atoms with Crippen molar-refractivity contribution in [1.29, 1.82) is 0 Å². The maximum absolute atomic E-state index is 12.0. The highest BCUT2D eigenvalue weighted by molar-refractivity contribution is 5.95. The topological polar surface area (TPSA) is 62.9 Å². The smallest absolute Gasteiger partial charge is 0.313 e. The van der Waals surface area contributed by atoms with Crippen LogP contribution in [-0.2, 0) is 4.84 Å². The molecule has 2 aromatic rings. The summed E-state index contributed by atoms with van der Waals surface area (Å²) in [6, 6.07) is 9.06. The highest BCUT2D eigenvalue weighted by atomic mass is 16.7. The van der Waals surface area contributed by atoms with Gasteiger partial charge in [-0.2, -0.15) is 0 Å². The summed E-state index contributed by atoms with van der Waals surface area (Å²) >= 11 is 0. The number of para-hydroxylation sites is 1. The van der Waals surface area contributed by atoms with Crippen molar-refractivity contribution in [3.8, 4) is 0 Å². The number of rotatable bonds is 1. The van der Waals surface area contributed by atoms with E-state index in [2.05, 4.69) is 0 Å². The lowest BCUT2D eigenvalue weighted by molar-refractivity contribution is -0.0794. The maximum Gasteiger partial charge on any atom is 0.313 e. The highest BCUT2D eigenvalue weighted by Crippen LogP contribution is 2.21. The fourth-order valence-electron chi connectivity index (χ4n) is 1.82. The van der Waals surface area contributed by atoms with Crippen LogP contribution in [0.25, 0.3) is 11.0 Å². The van der Waals surface area contributed by atoms with Gasteiger partial charge in [0.05, 0.1) is 6.54 Å². The molecule has 1 aliphatic rings. The summed E-state index contributed by atoms with van der Waals surface area (Å²) < 4.78 is 5.42. The third kappa shape index (κ3) is 1.79. The molecule has 0 spiro atoms. The van der Waals surface area contributed by atoms with Crippen LogP contribution in [0.1, 0.15) is 10.6 Å². The van der Waals surface area contributed by atoms with E-state index in [1.807, 2.05) is 18.2 Å². The molecule has 1 unspecified atom stereocenters. The Labute approximate surface area is 97.1 Å². The highest BCUT2D eigenvalue weighted by Gasteiger charge is 2.28. The molecule has 1 amide bonds. The summed E-state index contributed by atoms with van der Waals surface area (Å²) in [4.78, 5) is 17.0. The third-order valence-corrected chi connectivity index (χ3v) is 2.66.